The summed E-state index contributed by atoms with van der Waals surface area (Å²) in [6.45, 7) is 7.62. The molecule has 0 fully saturated rings. The number of hydrogen-bond donors (Lipinski definition) is 1. The third-order valence-electron chi connectivity index (χ3n) is 4.23. The normalized spacial score (nSPS) is 11.9. The van der Waals surface area contributed by atoms with Crippen LogP contribution in [0.4, 0.5) is 5.69 Å². The van der Waals surface area contributed by atoms with E-state index in [-0.39, 0.29) is 28.3 Å². The van der Waals surface area contributed by atoms with E-state index >= 15 is 0 Å². The Labute approximate surface area is 160 Å². The minimum absolute atomic E-state index is 0.0589. The minimum atomic E-state index is -3.55. The summed E-state index contributed by atoms with van der Waals surface area (Å²) in [6, 6.07) is 13.3. The molecule has 2 aromatic rings. The van der Waals surface area contributed by atoms with Crippen molar-refractivity contribution < 1.29 is 18.0 Å². The van der Waals surface area contributed by atoms with Gasteiger partial charge >= 0.3 is 0 Å². The van der Waals surface area contributed by atoms with Crippen LogP contribution in [0, 0.1) is 0 Å². The Morgan fingerprint density at radius 1 is 1.00 bits per heavy atom. The molecule has 2 rings (SSSR count). The van der Waals surface area contributed by atoms with Gasteiger partial charge in [0.15, 0.2) is 15.6 Å². The van der Waals surface area contributed by atoms with Crippen LogP contribution in [-0.2, 0) is 20.0 Å². The highest BCUT2D eigenvalue weighted by Gasteiger charge is 2.19. The first-order chi connectivity index (χ1) is 12.5. The molecule has 0 atom stereocenters. The number of nitrogens with one attached hydrogen (secondary N) is 1. The fourth-order valence-corrected chi connectivity index (χ4v) is 3.79. The zero-order chi connectivity index (χ0) is 20.2. The molecule has 0 aliphatic heterocycles. The van der Waals surface area contributed by atoms with Crippen LogP contribution in [0.5, 0.6) is 0 Å². The molecule has 6 heteroatoms. The van der Waals surface area contributed by atoms with Crippen molar-refractivity contribution in [1.29, 1.82) is 0 Å². The maximum Gasteiger partial charge on any atom is 0.225 e. The Kier molecular flexibility index (Phi) is 6.21. The van der Waals surface area contributed by atoms with Crippen LogP contribution >= 0.6 is 0 Å². The largest absolute Gasteiger partial charge is 0.326 e. The molecular formula is C21H25NO4S. The van der Waals surface area contributed by atoms with E-state index in [4.69, 9.17) is 0 Å². The lowest BCUT2D eigenvalue weighted by molar-refractivity contribution is -0.115. The van der Waals surface area contributed by atoms with Gasteiger partial charge in [0.05, 0.1) is 10.6 Å². The summed E-state index contributed by atoms with van der Waals surface area (Å²) in [7, 11) is -3.55. The summed E-state index contributed by atoms with van der Waals surface area (Å²) in [5.74, 6) is -0.793. The van der Waals surface area contributed by atoms with Crippen LogP contribution in [0.3, 0.4) is 0 Å². The summed E-state index contributed by atoms with van der Waals surface area (Å²) in [6.07, 6.45) is -0.159. The summed E-state index contributed by atoms with van der Waals surface area (Å²) >= 11 is 0. The van der Waals surface area contributed by atoms with Crippen LogP contribution in [0.15, 0.2) is 53.4 Å². The first kappa shape index (κ1) is 20.8. The van der Waals surface area contributed by atoms with E-state index < -0.39 is 15.7 Å². The van der Waals surface area contributed by atoms with Crippen LogP contribution in [-0.4, -0.2) is 25.9 Å². The molecule has 0 saturated heterocycles. The van der Waals surface area contributed by atoms with Gasteiger partial charge in [-0.2, -0.15) is 0 Å². The predicted molar refractivity (Wildman–Crippen MR) is 107 cm³/mol. The van der Waals surface area contributed by atoms with Crippen LogP contribution in [0.2, 0.25) is 0 Å². The van der Waals surface area contributed by atoms with Gasteiger partial charge in [-0.25, -0.2) is 8.42 Å². The van der Waals surface area contributed by atoms with Crippen molar-refractivity contribution in [3.8, 4) is 0 Å². The van der Waals surface area contributed by atoms with E-state index in [0.29, 0.717) is 11.3 Å². The molecule has 0 aliphatic carbocycles. The van der Waals surface area contributed by atoms with Gasteiger partial charge in [-0.15, -0.1) is 0 Å². The second-order valence-electron chi connectivity index (χ2n) is 7.53. The van der Waals surface area contributed by atoms with Crippen LogP contribution in [0.1, 0.15) is 50.0 Å². The number of amides is 1. The highest BCUT2D eigenvalue weighted by atomic mass is 32.2. The van der Waals surface area contributed by atoms with Gasteiger partial charge in [0, 0.05) is 17.7 Å². The van der Waals surface area contributed by atoms with Crippen molar-refractivity contribution in [2.24, 2.45) is 0 Å². The Morgan fingerprint density at radius 3 is 2.19 bits per heavy atom. The smallest absolute Gasteiger partial charge is 0.225 e. The Hall–Kier alpha value is -2.47. The highest BCUT2D eigenvalue weighted by Crippen LogP contribution is 2.24. The average Bonchev–Trinajstić information content (AvgIpc) is 2.60. The number of rotatable bonds is 6. The van der Waals surface area contributed by atoms with Crippen molar-refractivity contribution in [2.45, 2.75) is 44.4 Å². The monoisotopic (exact) mass is 387 g/mol. The third-order valence-corrected chi connectivity index (χ3v) is 5.96. The number of carbonyl (C=O) groups is 2. The highest BCUT2D eigenvalue weighted by molar-refractivity contribution is 7.91. The molecule has 0 heterocycles. The van der Waals surface area contributed by atoms with Crippen molar-refractivity contribution >= 4 is 27.2 Å². The van der Waals surface area contributed by atoms with Crippen molar-refractivity contribution in [2.75, 3.05) is 11.1 Å². The van der Waals surface area contributed by atoms with E-state index in [2.05, 4.69) is 26.1 Å². The second-order valence-corrected chi connectivity index (χ2v) is 9.64. The maximum atomic E-state index is 12.5. The predicted octanol–water partition coefficient (Wildman–Crippen LogP) is 3.99. The zero-order valence-corrected chi connectivity index (χ0v) is 16.9. The first-order valence-corrected chi connectivity index (χ1v) is 10.4. The molecule has 1 amide bonds. The Morgan fingerprint density at radius 2 is 1.63 bits per heavy atom. The second kappa shape index (κ2) is 8.05. The zero-order valence-electron chi connectivity index (χ0n) is 16.1. The number of anilines is 1. The lowest BCUT2D eigenvalue weighted by Gasteiger charge is -2.19. The first-order valence-electron chi connectivity index (χ1n) is 8.73. The molecule has 0 unspecified atom stereocenters. The Balaban J connectivity index is 2.01. The van der Waals surface area contributed by atoms with Crippen molar-refractivity contribution in [1.82, 2.24) is 0 Å². The molecule has 0 aliphatic rings. The molecule has 0 radical (unpaired) electrons. The third kappa shape index (κ3) is 5.76. The van der Waals surface area contributed by atoms with Gasteiger partial charge in [0.25, 0.3) is 0 Å². The van der Waals surface area contributed by atoms with Gasteiger partial charge in [0.1, 0.15) is 0 Å². The number of ketones is 1. The fraction of sp³-hybridized carbons (Fsp3) is 0.333. The summed E-state index contributed by atoms with van der Waals surface area (Å²) in [5.41, 5.74) is 1.94. The van der Waals surface area contributed by atoms with Crippen LogP contribution in [0.25, 0.3) is 0 Å². The maximum absolute atomic E-state index is 12.5. The lowest BCUT2D eigenvalue weighted by atomic mass is 9.87. The number of benzene rings is 2. The fourth-order valence-electron chi connectivity index (χ4n) is 2.55. The lowest BCUT2D eigenvalue weighted by Crippen LogP contribution is -2.18. The van der Waals surface area contributed by atoms with E-state index in [9.17, 15) is 18.0 Å². The molecule has 0 bridgehead atoms. The molecular weight excluding hydrogens is 362 g/mol. The number of carbonyl (C=O) groups excluding carboxylic acids is 2. The van der Waals surface area contributed by atoms with Gasteiger partial charge in [0.2, 0.25) is 5.91 Å². The topological polar surface area (TPSA) is 80.3 Å². The molecule has 1 N–H and O–H groups in total. The van der Waals surface area contributed by atoms with Gasteiger partial charge < -0.3 is 5.32 Å². The van der Waals surface area contributed by atoms with E-state index in [1.165, 1.54) is 6.92 Å². The number of Topliss-reactive ketones (excluding diaryl/α,β-unsaturated/α-hetero) is 1. The molecule has 0 saturated carbocycles. The molecule has 27 heavy (non-hydrogen) atoms. The molecule has 144 valence electrons. The standard InChI is InChI=1S/C21H25NO4S/c1-15(23)16-6-5-7-18(14-16)22-20(24)12-13-27(25,26)19-10-8-17(9-11-19)21(2,3)4/h5-11,14H,12-13H2,1-4H3,(H,22,24). The van der Waals surface area contributed by atoms with E-state index in [1.807, 2.05) is 0 Å². The van der Waals surface area contributed by atoms with E-state index in [0.717, 1.165) is 5.56 Å². The molecule has 0 aromatic heterocycles. The van der Waals surface area contributed by atoms with E-state index in [1.54, 1.807) is 48.5 Å². The Bertz CT molecular complexity index is 939. The molecule has 0 spiro atoms. The van der Waals surface area contributed by atoms with Crippen LogP contribution < -0.4 is 5.32 Å². The van der Waals surface area contributed by atoms with Gasteiger partial charge in [-0.3, -0.25) is 9.59 Å². The summed E-state index contributed by atoms with van der Waals surface area (Å²) in [5, 5.41) is 2.63. The average molecular weight is 388 g/mol. The minimum Gasteiger partial charge on any atom is -0.326 e. The van der Waals surface area contributed by atoms with Crippen molar-refractivity contribution in [3.63, 3.8) is 0 Å². The quantitative estimate of drug-likeness (QED) is 0.760. The molecule has 2 aromatic carbocycles. The summed E-state index contributed by atoms with van der Waals surface area (Å²) in [4.78, 5) is 23.7. The SMILES string of the molecule is CC(=O)c1cccc(NC(=O)CCS(=O)(=O)c2ccc(C(C)(C)C)cc2)c1. The van der Waals surface area contributed by atoms with Gasteiger partial charge in [-0.05, 0) is 42.2 Å². The summed E-state index contributed by atoms with van der Waals surface area (Å²) < 4.78 is 24.9. The van der Waals surface area contributed by atoms with Gasteiger partial charge in [-0.1, -0.05) is 45.0 Å². The number of hydrogen-bond acceptors (Lipinski definition) is 4. The number of sulfone groups is 1. The molecule has 5 nitrogen and oxygen atoms in total. The van der Waals surface area contributed by atoms with Crippen molar-refractivity contribution in [3.05, 3.63) is 59.7 Å².